The van der Waals surface area contributed by atoms with E-state index in [1.807, 2.05) is 17.9 Å². The van der Waals surface area contributed by atoms with Gasteiger partial charge in [0, 0.05) is 39.4 Å². The van der Waals surface area contributed by atoms with E-state index in [0.29, 0.717) is 6.54 Å². The molecule has 102 valence electrons. The number of nitrogens with zero attached hydrogens (tertiary/aromatic N) is 3. The van der Waals surface area contributed by atoms with E-state index in [9.17, 15) is 0 Å². The van der Waals surface area contributed by atoms with Crippen LogP contribution in [0.5, 0.6) is 0 Å². The van der Waals surface area contributed by atoms with Crippen LogP contribution in [0.1, 0.15) is 11.3 Å². The molecule has 0 saturated heterocycles. The van der Waals surface area contributed by atoms with Crippen molar-refractivity contribution in [2.24, 2.45) is 12.8 Å². The highest BCUT2D eigenvalue weighted by Crippen LogP contribution is 2.06. The van der Waals surface area contributed by atoms with Gasteiger partial charge in [-0.05, 0) is 18.1 Å². The first-order chi connectivity index (χ1) is 9.29. The summed E-state index contributed by atoms with van der Waals surface area (Å²) in [5, 5.41) is 4.21. The lowest BCUT2D eigenvalue weighted by Crippen LogP contribution is -2.31. The molecule has 0 aliphatic heterocycles. The van der Waals surface area contributed by atoms with Gasteiger partial charge in [0.1, 0.15) is 0 Å². The van der Waals surface area contributed by atoms with Crippen molar-refractivity contribution < 1.29 is 0 Å². The zero-order chi connectivity index (χ0) is 13.5. The molecule has 2 N–H and O–H groups in total. The van der Waals surface area contributed by atoms with Gasteiger partial charge < -0.3 is 5.73 Å². The van der Waals surface area contributed by atoms with Crippen molar-refractivity contribution in [2.75, 3.05) is 19.6 Å². The van der Waals surface area contributed by atoms with Crippen LogP contribution >= 0.6 is 0 Å². The maximum absolute atomic E-state index is 5.70. The van der Waals surface area contributed by atoms with Crippen molar-refractivity contribution in [2.45, 2.75) is 13.0 Å². The number of aryl methyl sites for hydroxylation is 1. The first kappa shape index (κ1) is 13.8. The number of aromatic nitrogens is 2. The highest BCUT2D eigenvalue weighted by Gasteiger charge is 2.08. The van der Waals surface area contributed by atoms with Crippen LogP contribution in [0.2, 0.25) is 0 Å². The minimum Gasteiger partial charge on any atom is -0.329 e. The summed E-state index contributed by atoms with van der Waals surface area (Å²) in [4.78, 5) is 2.38. The van der Waals surface area contributed by atoms with Crippen molar-refractivity contribution in [3.05, 3.63) is 53.9 Å². The number of hydrogen-bond donors (Lipinski definition) is 1. The summed E-state index contributed by atoms with van der Waals surface area (Å²) in [7, 11) is 1.98. The molecule has 0 fully saturated rings. The van der Waals surface area contributed by atoms with Gasteiger partial charge >= 0.3 is 0 Å². The molecule has 0 saturated carbocycles. The molecule has 0 unspecified atom stereocenters. The summed E-state index contributed by atoms with van der Waals surface area (Å²) in [6, 6.07) is 12.6. The fourth-order valence-electron chi connectivity index (χ4n) is 2.17. The molecule has 0 amide bonds. The second-order valence-corrected chi connectivity index (χ2v) is 4.75. The zero-order valence-corrected chi connectivity index (χ0v) is 11.5. The smallest absolute Gasteiger partial charge is 0.0521 e. The summed E-state index contributed by atoms with van der Waals surface area (Å²) in [5.74, 6) is 0. The predicted octanol–water partition coefficient (Wildman–Crippen LogP) is 1.42. The Bertz CT molecular complexity index is 478. The van der Waals surface area contributed by atoms with E-state index < -0.39 is 0 Å². The monoisotopic (exact) mass is 258 g/mol. The van der Waals surface area contributed by atoms with Gasteiger partial charge in [-0.25, -0.2) is 0 Å². The maximum atomic E-state index is 5.70. The van der Waals surface area contributed by atoms with Crippen LogP contribution in [0, 0.1) is 0 Å². The van der Waals surface area contributed by atoms with Gasteiger partial charge in [0.05, 0.1) is 5.69 Å². The number of nitrogens with two attached hydrogens (primary N) is 1. The third-order valence-corrected chi connectivity index (χ3v) is 3.31. The lowest BCUT2D eigenvalue weighted by molar-refractivity contribution is 0.269. The lowest BCUT2D eigenvalue weighted by atomic mass is 10.1. The fraction of sp³-hybridized carbons (Fsp3) is 0.400. The molecule has 4 nitrogen and oxygen atoms in total. The van der Waals surface area contributed by atoms with E-state index >= 15 is 0 Å². The van der Waals surface area contributed by atoms with Gasteiger partial charge in [-0.1, -0.05) is 30.3 Å². The Morgan fingerprint density at radius 1 is 1.16 bits per heavy atom. The average molecular weight is 258 g/mol. The van der Waals surface area contributed by atoms with E-state index in [-0.39, 0.29) is 0 Å². The first-order valence-electron chi connectivity index (χ1n) is 6.73. The molecule has 0 radical (unpaired) electrons. The van der Waals surface area contributed by atoms with Gasteiger partial charge in [-0.2, -0.15) is 5.10 Å². The van der Waals surface area contributed by atoms with Crippen LogP contribution in [0.4, 0.5) is 0 Å². The molecule has 0 spiro atoms. The van der Waals surface area contributed by atoms with Gasteiger partial charge in [0.2, 0.25) is 0 Å². The molecular weight excluding hydrogens is 236 g/mol. The number of benzene rings is 1. The van der Waals surface area contributed by atoms with E-state index in [1.54, 1.807) is 0 Å². The quantitative estimate of drug-likeness (QED) is 0.817. The summed E-state index contributed by atoms with van der Waals surface area (Å²) in [5.41, 5.74) is 8.29. The molecule has 19 heavy (non-hydrogen) atoms. The normalized spacial score (nSPS) is 11.1. The summed E-state index contributed by atoms with van der Waals surface area (Å²) in [6.07, 6.45) is 2.89. The Morgan fingerprint density at radius 3 is 2.58 bits per heavy atom. The average Bonchev–Trinajstić information content (AvgIpc) is 2.83. The third kappa shape index (κ3) is 4.19. The minimum absolute atomic E-state index is 0.687. The van der Waals surface area contributed by atoms with Crippen LogP contribution in [0.15, 0.2) is 42.6 Å². The van der Waals surface area contributed by atoms with Crippen LogP contribution in [-0.4, -0.2) is 34.3 Å². The van der Waals surface area contributed by atoms with Crippen molar-refractivity contribution in [1.29, 1.82) is 0 Å². The van der Waals surface area contributed by atoms with Crippen LogP contribution in [0.3, 0.4) is 0 Å². The van der Waals surface area contributed by atoms with Gasteiger partial charge in [-0.15, -0.1) is 0 Å². The highest BCUT2D eigenvalue weighted by atomic mass is 15.3. The largest absolute Gasteiger partial charge is 0.329 e. The molecular formula is C15H22N4. The molecule has 1 aromatic heterocycles. The highest BCUT2D eigenvalue weighted by molar-refractivity contribution is 5.15. The maximum Gasteiger partial charge on any atom is 0.0521 e. The van der Waals surface area contributed by atoms with Crippen molar-refractivity contribution >= 4 is 0 Å². The molecule has 4 heteroatoms. The van der Waals surface area contributed by atoms with Crippen LogP contribution in [-0.2, 0) is 20.0 Å². The predicted molar refractivity (Wildman–Crippen MR) is 77.7 cm³/mol. The van der Waals surface area contributed by atoms with E-state index in [2.05, 4.69) is 46.4 Å². The minimum atomic E-state index is 0.687. The molecule has 1 heterocycles. The molecule has 1 aromatic carbocycles. The van der Waals surface area contributed by atoms with E-state index in [0.717, 1.165) is 26.1 Å². The molecule has 2 rings (SSSR count). The second kappa shape index (κ2) is 7.07. The molecule has 0 aliphatic carbocycles. The van der Waals surface area contributed by atoms with Crippen molar-refractivity contribution in [1.82, 2.24) is 14.7 Å². The third-order valence-electron chi connectivity index (χ3n) is 3.31. The number of hydrogen-bond acceptors (Lipinski definition) is 3. The Hall–Kier alpha value is -1.65. The topological polar surface area (TPSA) is 47.1 Å². The Balaban J connectivity index is 1.91. The van der Waals surface area contributed by atoms with Crippen molar-refractivity contribution in [3.8, 4) is 0 Å². The lowest BCUT2D eigenvalue weighted by Gasteiger charge is -2.21. The zero-order valence-electron chi connectivity index (χ0n) is 11.5. The van der Waals surface area contributed by atoms with Crippen molar-refractivity contribution in [3.63, 3.8) is 0 Å². The fourth-order valence-corrected chi connectivity index (χ4v) is 2.17. The van der Waals surface area contributed by atoms with Gasteiger partial charge in [-0.3, -0.25) is 9.58 Å². The summed E-state index contributed by atoms with van der Waals surface area (Å²) < 4.78 is 1.92. The van der Waals surface area contributed by atoms with Crippen LogP contribution in [0.25, 0.3) is 0 Å². The molecule has 0 aliphatic rings. The summed E-state index contributed by atoms with van der Waals surface area (Å²) >= 11 is 0. The Kier molecular flexibility index (Phi) is 5.12. The van der Waals surface area contributed by atoms with Crippen LogP contribution < -0.4 is 5.73 Å². The Morgan fingerprint density at radius 2 is 1.95 bits per heavy atom. The van der Waals surface area contributed by atoms with E-state index in [4.69, 9.17) is 5.73 Å². The second-order valence-electron chi connectivity index (χ2n) is 4.75. The first-order valence-corrected chi connectivity index (χ1v) is 6.73. The molecule has 0 atom stereocenters. The molecule has 0 bridgehead atoms. The molecule has 2 aromatic rings. The SMILES string of the molecule is Cn1nccc1CN(CCN)CCc1ccccc1. The number of rotatable bonds is 7. The van der Waals surface area contributed by atoms with E-state index in [1.165, 1.54) is 11.3 Å². The standard InChI is InChI=1S/C15H22N4/c1-18-15(7-10-17-18)13-19(12-9-16)11-8-14-5-3-2-4-6-14/h2-7,10H,8-9,11-13,16H2,1H3. The summed E-state index contributed by atoms with van der Waals surface area (Å²) in [6.45, 7) is 3.53. The Labute approximate surface area is 114 Å². The van der Waals surface area contributed by atoms with Gasteiger partial charge in [0.15, 0.2) is 0 Å². The van der Waals surface area contributed by atoms with Gasteiger partial charge in [0.25, 0.3) is 0 Å².